The predicted octanol–water partition coefficient (Wildman–Crippen LogP) is 3.28. The average molecular weight is 414 g/mol. The van der Waals surface area contributed by atoms with E-state index in [0.29, 0.717) is 24.2 Å². The van der Waals surface area contributed by atoms with Crippen LogP contribution in [0.15, 0.2) is 28.6 Å². The van der Waals surface area contributed by atoms with Crippen molar-refractivity contribution in [3.8, 4) is 0 Å². The Bertz CT molecular complexity index is 1050. The fourth-order valence-electron chi connectivity index (χ4n) is 3.99. The van der Waals surface area contributed by atoms with Gasteiger partial charge in [0.05, 0.1) is 17.1 Å². The first-order valence-corrected chi connectivity index (χ1v) is 11.5. The SMILES string of the molecule is Cc1csc(=Nc2cccc(F)c2F)n1C1CCOC2(CCS(=O)(=O)C2)C1. The van der Waals surface area contributed by atoms with Gasteiger partial charge in [-0.2, -0.15) is 0 Å². The number of aromatic nitrogens is 1. The molecule has 0 N–H and O–H groups in total. The number of halogens is 2. The maximum atomic E-state index is 14.0. The fourth-order valence-corrected chi connectivity index (χ4v) is 6.91. The Kier molecular flexibility index (Phi) is 4.72. The zero-order valence-corrected chi connectivity index (χ0v) is 16.5. The molecule has 3 heterocycles. The van der Waals surface area contributed by atoms with Crippen molar-refractivity contribution in [2.24, 2.45) is 4.99 Å². The second-order valence-corrected chi connectivity index (χ2v) is 10.3. The minimum Gasteiger partial charge on any atom is -0.374 e. The molecule has 4 rings (SSSR count). The fraction of sp³-hybridized carbons (Fsp3) is 0.500. The van der Waals surface area contributed by atoms with Gasteiger partial charge in [-0.25, -0.2) is 22.2 Å². The number of ether oxygens (including phenoxy) is 1. The van der Waals surface area contributed by atoms with E-state index in [2.05, 4.69) is 4.99 Å². The Morgan fingerprint density at radius 3 is 2.93 bits per heavy atom. The molecule has 2 atom stereocenters. The van der Waals surface area contributed by atoms with Crippen molar-refractivity contribution in [2.45, 2.75) is 37.8 Å². The third kappa shape index (κ3) is 3.60. The molecule has 0 radical (unpaired) electrons. The quantitative estimate of drug-likeness (QED) is 0.758. The molecule has 2 aliphatic heterocycles. The summed E-state index contributed by atoms with van der Waals surface area (Å²) in [5, 5.41) is 1.92. The lowest BCUT2D eigenvalue weighted by Crippen LogP contribution is -2.43. The van der Waals surface area contributed by atoms with Gasteiger partial charge in [-0.1, -0.05) is 6.07 Å². The first kappa shape index (κ1) is 18.8. The standard InChI is InChI=1S/C18H20F2N2O3S2/c1-12-10-26-17(21-15-4-2-3-14(19)16(15)20)22(12)13-5-7-25-18(9-13)6-8-27(23,24)11-18/h2-4,10,13H,5-9,11H2,1H3. The highest BCUT2D eigenvalue weighted by atomic mass is 32.2. The molecule has 1 aromatic heterocycles. The van der Waals surface area contributed by atoms with E-state index >= 15 is 0 Å². The van der Waals surface area contributed by atoms with E-state index in [1.807, 2.05) is 16.9 Å². The second-order valence-electron chi connectivity index (χ2n) is 7.23. The van der Waals surface area contributed by atoms with Gasteiger partial charge >= 0.3 is 0 Å². The third-order valence-electron chi connectivity index (χ3n) is 5.25. The van der Waals surface area contributed by atoms with Crippen LogP contribution in [0.2, 0.25) is 0 Å². The summed E-state index contributed by atoms with van der Waals surface area (Å²) >= 11 is 1.36. The van der Waals surface area contributed by atoms with Crippen LogP contribution in [-0.4, -0.2) is 36.7 Å². The van der Waals surface area contributed by atoms with Gasteiger partial charge in [-0.3, -0.25) is 0 Å². The van der Waals surface area contributed by atoms with E-state index in [1.165, 1.54) is 23.5 Å². The average Bonchev–Trinajstić information content (AvgIpc) is 3.11. The van der Waals surface area contributed by atoms with E-state index in [-0.39, 0.29) is 23.2 Å². The molecule has 9 heteroatoms. The minimum absolute atomic E-state index is 0.00803. The van der Waals surface area contributed by atoms with Crippen molar-refractivity contribution < 1.29 is 21.9 Å². The molecule has 0 saturated carbocycles. The number of aryl methyl sites for hydroxylation is 1. The largest absolute Gasteiger partial charge is 0.374 e. The van der Waals surface area contributed by atoms with Gasteiger partial charge in [0.25, 0.3) is 0 Å². The van der Waals surface area contributed by atoms with Crippen LogP contribution in [0.1, 0.15) is 31.0 Å². The van der Waals surface area contributed by atoms with Crippen molar-refractivity contribution in [1.82, 2.24) is 4.57 Å². The van der Waals surface area contributed by atoms with Gasteiger partial charge < -0.3 is 9.30 Å². The van der Waals surface area contributed by atoms with Crippen LogP contribution < -0.4 is 4.80 Å². The number of benzene rings is 1. The van der Waals surface area contributed by atoms with Crippen molar-refractivity contribution >= 4 is 26.9 Å². The van der Waals surface area contributed by atoms with Crippen LogP contribution in [0.5, 0.6) is 0 Å². The Balaban J connectivity index is 1.72. The van der Waals surface area contributed by atoms with Gasteiger partial charge in [0, 0.05) is 23.7 Å². The zero-order valence-electron chi connectivity index (χ0n) is 14.8. The second kappa shape index (κ2) is 6.79. The zero-order chi connectivity index (χ0) is 19.2. The van der Waals surface area contributed by atoms with Crippen LogP contribution in [0, 0.1) is 18.6 Å². The maximum Gasteiger partial charge on any atom is 0.190 e. The summed E-state index contributed by atoms with van der Waals surface area (Å²) in [4.78, 5) is 4.92. The molecule has 0 amide bonds. The smallest absolute Gasteiger partial charge is 0.190 e. The van der Waals surface area contributed by atoms with E-state index in [9.17, 15) is 17.2 Å². The van der Waals surface area contributed by atoms with E-state index in [0.717, 1.165) is 18.2 Å². The third-order valence-corrected chi connectivity index (χ3v) is 8.00. The van der Waals surface area contributed by atoms with Crippen LogP contribution in [0.25, 0.3) is 0 Å². The lowest BCUT2D eigenvalue weighted by molar-refractivity contribution is -0.0770. The molecular formula is C18H20F2N2O3S2. The van der Waals surface area contributed by atoms with E-state index < -0.39 is 27.1 Å². The van der Waals surface area contributed by atoms with Gasteiger partial charge in [0.1, 0.15) is 5.69 Å². The molecule has 2 unspecified atom stereocenters. The van der Waals surface area contributed by atoms with Crippen LogP contribution in [-0.2, 0) is 14.6 Å². The number of rotatable bonds is 2. The molecule has 2 aliphatic rings. The number of hydrogen-bond donors (Lipinski definition) is 0. The number of sulfone groups is 1. The van der Waals surface area contributed by atoms with Crippen LogP contribution in [0.4, 0.5) is 14.5 Å². The first-order chi connectivity index (χ1) is 12.8. The summed E-state index contributed by atoms with van der Waals surface area (Å²) in [5.41, 5.74) is 0.263. The number of thiazole rings is 1. The lowest BCUT2D eigenvalue weighted by atomic mass is 9.89. The highest BCUT2D eigenvalue weighted by Crippen LogP contribution is 2.40. The Morgan fingerprint density at radius 2 is 2.19 bits per heavy atom. The maximum absolute atomic E-state index is 14.0. The molecule has 1 spiro atoms. The predicted molar refractivity (Wildman–Crippen MR) is 98.9 cm³/mol. The summed E-state index contributed by atoms with van der Waals surface area (Å²) in [7, 11) is -3.07. The molecule has 0 aliphatic carbocycles. The molecule has 0 bridgehead atoms. The van der Waals surface area contributed by atoms with Gasteiger partial charge in [-0.05, 0) is 38.3 Å². The summed E-state index contributed by atoms with van der Waals surface area (Å²) in [6.45, 7) is 2.40. The summed E-state index contributed by atoms with van der Waals surface area (Å²) < 4.78 is 59.4. The van der Waals surface area contributed by atoms with Gasteiger partial charge in [0.2, 0.25) is 0 Å². The van der Waals surface area contributed by atoms with Crippen LogP contribution in [0.3, 0.4) is 0 Å². The Hall–Kier alpha value is -1.58. The monoisotopic (exact) mass is 414 g/mol. The van der Waals surface area contributed by atoms with E-state index in [4.69, 9.17) is 4.74 Å². The molecule has 2 aromatic rings. The summed E-state index contributed by atoms with van der Waals surface area (Å²) in [5.74, 6) is -1.71. The van der Waals surface area contributed by atoms with Crippen LogP contribution >= 0.6 is 11.3 Å². The molecule has 146 valence electrons. The molecule has 5 nitrogen and oxygen atoms in total. The van der Waals surface area contributed by atoms with Gasteiger partial charge in [-0.15, -0.1) is 11.3 Å². The molecule has 27 heavy (non-hydrogen) atoms. The molecule has 2 fully saturated rings. The minimum atomic E-state index is -3.07. The van der Waals surface area contributed by atoms with Crippen molar-refractivity contribution in [3.05, 3.63) is 45.7 Å². The highest BCUT2D eigenvalue weighted by Gasteiger charge is 2.47. The normalized spacial score (nSPS) is 28.1. The molecule has 2 saturated heterocycles. The van der Waals surface area contributed by atoms with Gasteiger partial charge in [0.15, 0.2) is 26.3 Å². The first-order valence-electron chi connectivity index (χ1n) is 8.78. The van der Waals surface area contributed by atoms with Crippen molar-refractivity contribution in [3.63, 3.8) is 0 Å². The Morgan fingerprint density at radius 1 is 1.37 bits per heavy atom. The Labute approximate surface area is 160 Å². The number of nitrogens with zero attached hydrogens (tertiary/aromatic N) is 2. The summed E-state index contributed by atoms with van der Waals surface area (Å²) in [6, 6.07) is 3.93. The molecular weight excluding hydrogens is 394 g/mol. The van der Waals surface area contributed by atoms with Crippen molar-refractivity contribution in [1.29, 1.82) is 0 Å². The van der Waals surface area contributed by atoms with E-state index in [1.54, 1.807) is 0 Å². The number of hydrogen-bond acceptors (Lipinski definition) is 5. The summed E-state index contributed by atoms with van der Waals surface area (Å²) in [6.07, 6.45) is 1.79. The highest BCUT2D eigenvalue weighted by molar-refractivity contribution is 7.91. The topological polar surface area (TPSA) is 60.7 Å². The molecule has 1 aromatic carbocycles. The lowest BCUT2D eigenvalue weighted by Gasteiger charge is -2.38. The van der Waals surface area contributed by atoms with Crippen molar-refractivity contribution in [2.75, 3.05) is 18.1 Å².